The van der Waals surface area contributed by atoms with Crippen LogP contribution >= 0.6 is 23.6 Å². The highest BCUT2D eigenvalue weighted by atomic mass is 79.9. The average molecular weight is 620 g/mol. The van der Waals surface area contributed by atoms with Crippen LogP contribution in [0.25, 0.3) is 0 Å². The monoisotopic (exact) mass is 619 g/mol. The van der Waals surface area contributed by atoms with Gasteiger partial charge in [0.2, 0.25) is 5.90 Å². The molecule has 39 heavy (non-hydrogen) atoms. The molecule has 3 aliphatic rings. The maximum Gasteiger partial charge on any atom is 0.397 e. The molecule has 0 saturated carbocycles. The van der Waals surface area contributed by atoms with Crippen molar-refractivity contribution >= 4 is 46.9 Å². The Hall–Kier alpha value is -2.47. The number of hydrogen-bond donors (Lipinski definition) is 0. The maximum atomic E-state index is 14.8. The molecule has 2 aromatic rings. The minimum atomic E-state index is -3.60. The van der Waals surface area contributed by atoms with E-state index in [0.29, 0.717) is 69.7 Å². The van der Waals surface area contributed by atoms with Crippen LogP contribution in [0.5, 0.6) is 0 Å². The summed E-state index contributed by atoms with van der Waals surface area (Å²) >= 11 is 3.56. The van der Waals surface area contributed by atoms with Crippen LogP contribution in [0.15, 0.2) is 57.1 Å². The van der Waals surface area contributed by atoms with Gasteiger partial charge >= 0.3 is 13.6 Å². The standard InChI is InChI=1S/C26H31BrN5O6P/c1-35-24(33)8-7-23-26(38-39(34,31-10-14-36-15-11-31)32-12-16-37-17-13-32)30-21-6-5-19(27)18-20(21)25(29-23)22-4-2-3-9-28-22/h2-6,9,18,23H,7-8,10-17H2,1H3. The van der Waals surface area contributed by atoms with Crippen LogP contribution in [-0.4, -0.2) is 97.7 Å². The molecule has 13 heteroatoms. The Morgan fingerprint density at radius 3 is 2.38 bits per heavy atom. The number of benzene rings is 1. The largest absolute Gasteiger partial charge is 0.469 e. The van der Waals surface area contributed by atoms with Gasteiger partial charge in [0.15, 0.2) is 0 Å². The number of morpholine rings is 2. The third-order valence-electron chi connectivity index (χ3n) is 6.67. The van der Waals surface area contributed by atoms with E-state index < -0.39 is 13.7 Å². The number of aromatic nitrogens is 1. The van der Waals surface area contributed by atoms with Gasteiger partial charge in [-0.25, -0.2) is 18.9 Å². The van der Waals surface area contributed by atoms with Crippen LogP contribution in [-0.2, 0) is 28.1 Å². The number of rotatable bonds is 7. The van der Waals surface area contributed by atoms with Crippen LogP contribution in [0.4, 0.5) is 5.69 Å². The third-order valence-corrected chi connectivity index (χ3v) is 9.82. The van der Waals surface area contributed by atoms with Gasteiger partial charge in [-0.3, -0.25) is 14.8 Å². The van der Waals surface area contributed by atoms with Gasteiger partial charge in [0.05, 0.1) is 50.6 Å². The summed E-state index contributed by atoms with van der Waals surface area (Å²) in [4.78, 5) is 26.7. The van der Waals surface area contributed by atoms with E-state index in [0.717, 1.165) is 10.0 Å². The number of carbonyl (C=O) groups excluding carboxylic acids is 1. The molecule has 1 atom stereocenters. The summed E-state index contributed by atoms with van der Waals surface area (Å²) in [6.07, 6.45) is 2.04. The number of ether oxygens (including phenoxy) is 3. The van der Waals surface area contributed by atoms with Gasteiger partial charge in [-0.15, -0.1) is 0 Å². The van der Waals surface area contributed by atoms with Gasteiger partial charge in [-0.2, -0.15) is 0 Å². The molecule has 1 aromatic heterocycles. The van der Waals surface area contributed by atoms with Crippen LogP contribution in [0.2, 0.25) is 0 Å². The maximum absolute atomic E-state index is 14.8. The van der Waals surface area contributed by atoms with Gasteiger partial charge in [0.25, 0.3) is 0 Å². The molecule has 4 heterocycles. The predicted molar refractivity (Wildman–Crippen MR) is 150 cm³/mol. The molecule has 1 unspecified atom stereocenters. The highest BCUT2D eigenvalue weighted by Gasteiger charge is 2.44. The second-order valence-corrected chi connectivity index (χ2v) is 12.4. The topological polar surface area (TPSA) is 115 Å². The van der Waals surface area contributed by atoms with Crippen molar-refractivity contribution in [2.75, 3.05) is 59.7 Å². The lowest BCUT2D eigenvalue weighted by Crippen LogP contribution is -2.44. The molecular weight excluding hydrogens is 589 g/mol. The van der Waals surface area contributed by atoms with Crippen molar-refractivity contribution in [1.82, 2.24) is 14.3 Å². The zero-order chi connectivity index (χ0) is 27.2. The first-order chi connectivity index (χ1) is 19.0. The zero-order valence-corrected chi connectivity index (χ0v) is 24.2. The van der Waals surface area contributed by atoms with E-state index >= 15 is 0 Å². The number of nitrogens with zero attached hydrogens (tertiary/aromatic N) is 5. The Balaban J connectivity index is 1.61. The van der Waals surface area contributed by atoms with Gasteiger partial charge in [0, 0.05) is 48.8 Å². The summed E-state index contributed by atoms with van der Waals surface area (Å²) in [5.41, 5.74) is 2.61. The molecule has 0 aliphatic carbocycles. The van der Waals surface area contributed by atoms with Crippen LogP contribution in [0, 0.1) is 0 Å². The van der Waals surface area contributed by atoms with Gasteiger partial charge in [0.1, 0.15) is 6.04 Å². The number of aliphatic imine (C=N–C) groups is 2. The summed E-state index contributed by atoms with van der Waals surface area (Å²) in [5.74, 6) is -0.187. The van der Waals surface area contributed by atoms with Crippen molar-refractivity contribution in [3.63, 3.8) is 0 Å². The fourth-order valence-electron chi connectivity index (χ4n) is 4.63. The number of halogens is 1. The van der Waals surface area contributed by atoms with Crippen LogP contribution in [0.3, 0.4) is 0 Å². The van der Waals surface area contributed by atoms with E-state index in [1.54, 1.807) is 6.20 Å². The summed E-state index contributed by atoms with van der Waals surface area (Å²) in [6, 6.07) is 10.6. The molecular formula is C26H31BrN5O6P. The van der Waals surface area contributed by atoms with Gasteiger partial charge in [-0.05, 0) is 36.8 Å². The van der Waals surface area contributed by atoms with Gasteiger partial charge < -0.3 is 18.7 Å². The lowest BCUT2D eigenvalue weighted by Gasteiger charge is -2.41. The molecule has 3 aliphatic heterocycles. The highest BCUT2D eigenvalue weighted by Crippen LogP contribution is 2.55. The lowest BCUT2D eigenvalue weighted by molar-refractivity contribution is -0.140. The Bertz CT molecular complexity index is 1260. The van der Waals surface area contributed by atoms with E-state index in [-0.39, 0.29) is 24.7 Å². The number of methoxy groups -OCH3 is 1. The van der Waals surface area contributed by atoms with E-state index in [4.69, 9.17) is 28.7 Å². The van der Waals surface area contributed by atoms with Crippen molar-refractivity contribution in [3.05, 3.63) is 58.3 Å². The molecule has 0 radical (unpaired) electrons. The molecule has 0 bridgehead atoms. The molecule has 1 aromatic carbocycles. The zero-order valence-electron chi connectivity index (χ0n) is 21.7. The summed E-state index contributed by atoms with van der Waals surface area (Å²) < 4.78 is 41.9. The highest BCUT2D eigenvalue weighted by molar-refractivity contribution is 9.10. The molecule has 5 rings (SSSR count). The predicted octanol–water partition coefficient (Wildman–Crippen LogP) is 3.84. The van der Waals surface area contributed by atoms with Crippen molar-refractivity contribution in [3.8, 4) is 0 Å². The number of pyridine rings is 1. The van der Waals surface area contributed by atoms with Crippen molar-refractivity contribution in [1.29, 1.82) is 0 Å². The minimum Gasteiger partial charge on any atom is -0.469 e. The summed E-state index contributed by atoms with van der Waals surface area (Å²) in [5, 5.41) is 0. The lowest BCUT2D eigenvalue weighted by atomic mass is 10.0. The van der Waals surface area contributed by atoms with Gasteiger partial charge in [-0.1, -0.05) is 22.0 Å². The molecule has 208 valence electrons. The molecule has 2 saturated heterocycles. The van der Waals surface area contributed by atoms with Crippen molar-refractivity contribution in [2.24, 2.45) is 9.98 Å². The molecule has 0 spiro atoms. The number of fused-ring (bicyclic) bond motifs is 1. The normalized spacial score (nSPS) is 20.8. The number of esters is 1. The first-order valence-electron chi connectivity index (χ1n) is 12.9. The Labute approximate surface area is 235 Å². The number of hydrogen-bond acceptors (Lipinski definition) is 9. The van der Waals surface area contributed by atoms with E-state index in [1.807, 2.05) is 45.7 Å². The summed E-state index contributed by atoms with van der Waals surface area (Å²) in [7, 11) is -2.25. The smallest absolute Gasteiger partial charge is 0.397 e. The molecule has 2 fully saturated rings. The van der Waals surface area contributed by atoms with Crippen LogP contribution in [0.1, 0.15) is 24.1 Å². The molecule has 0 amide bonds. The SMILES string of the molecule is COC(=O)CCC1N=C(c2ccccn2)c2cc(Br)ccc2N=C1OP(=O)(N1CCOCC1)N1CCOCC1. The molecule has 0 N–H and O–H groups in total. The first kappa shape index (κ1) is 28.1. The first-order valence-corrected chi connectivity index (χ1v) is 15.2. The Morgan fingerprint density at radius 2 is 1.77 bits per heavy atom. The number of carbonyl (C=O) groups is 1. The molecule has 11 nitrogen and oxygen atoms in total. The fourth-order valence-corrected chi connectivity index (χ4v) is 7.32. The van der Waals surface area contributed by atoms with E-state index in [2.05, 4.69) is 20.9 Å². The van der Waals surface area contributed by atoms with Crippen molar-refractivity contribution in [2.45, 2.75) is 18.9 Å². The van der Waals surface area contributed by atoms with Crippen molar-refractivity contribution < 1.29 is 28.1 Å². The second kappa shape index (κ2) is 12.8. The van der Waals surface area contributed by atoms with E-state index in [1.165, 1.54) is 7.11 Å². The quantitative estimate of drug-likeness (QED) is 0.337. The van der Waals surface area contributed by atoms with E-state index in [9.17, 15) is 9.36 Å². The third kappa shape index (κ3) is 6.48. The Kier molecular flexibility index (Phi) is 9.21. The summed E-state index contributed by atoms with van der Waals surface area (Å²) in [6.45, 7) is 3.65. The Morgan fingerprint density at radius 1 is 1.08 bits per heavy atom. The average Bonchev–Trinajstić information content (AvgIpc) is 3.13. The van der Waals surface area contributed by atoms with Crippen LogP contribution < -0.4 is 0 Å². The minimum absolute atomic E-state index is 0.0853. The fraction of sp³-hybridized carbons (Fsp3) is 0.462. The second-order valence-electron chi connectivity index (χ2n) is 9.15.